The van der Waals surface area contributed by atoms with Gasteiger partial charge in [0.25, 0.3) is 11.8 Å². The number of anilines is 1. The van der Waals surface area contributed by atoms with Gasteiger partial charge in [-0.1, -0.05) is 41.9 Å². The summed E-state index contributed by atoms with van der Waals surface area (Å²) in [4.78, 5) is 27.7. The van der Waals surface area contributed by atoms with E-state index < -0.39 is 5.91 Å². The number of morpholine rings is 1. The molecule has 0 atom stereocenters. The molecular formula is C22H20ClN3O3S. The van der Waals surface area contributed by atoms with Crippen molar-refractivity contribution >= 4 is 39.8 Å². The predicted molar refractivity (Wildman–Crippen MR) is 119 cm³/mol. The highest BCUT2D eigenvalue weighted by atomic mass is 35.5. The summed E-state index contributed by atoms with van der Waals surface area (Å²) in [5, 5.41) is 1.57. The van der Waals surface area contributed by atoms with Crippen LogP contribution in [0.25, 0.3) is 11.1 Å². The van der Waals surface area contributed by atoms with E-state index in [9.17, 15) is 9.59 Å². The number of ether oxygens (including phenoxy) is 1. The molecule has 1 aliphatic heterocycles. The van der Waals surface area contributed by atoms with E-state index in [0.717, 1.165) is 29.2 Å². The van der Waals surface area contributed by atoms with Gasteiger partial charge >= 0.3 is 0 Å². The Balaban J connectivity index is 1.53. The summed E-state index contributed by atoms with van der Waals surface area (Å²) in [7, 11) is 0. The second-order valence-corrected chi connectivity index (χ2v) is 8.18. The monoisotopic (exact) mass is 441 g/mol. The standard InChI is InChI=1S/C22H20ClN3O3S/c23-17-8-6-16(7-9-17)20(27)24-25-21(28)19-14-18(15-4-2-1-3-5-15)22(30-19)26-10-12-29-13-11-26/h1-9,14H,10-13H2,(H,24,27)(H,25,28). The third-order valence-electron chi connectivity index (χ3n) is 4.72. The SMILES string of the molecule is O=C(NNC(=O)c1cc(-c2ccccc2)c(N2CCOCC2)s1)c1ccc(Cl)cc1. The topological polar surface area (TPSA) is 70.7 Å². The molecule has 30 heavy (non-hydrogen) atoms. The summed E-state index contributed by atoms with van der Waals surface area (Å²) in [6, 6.07) is 18.3. The van der Waals surface area contributed by atoms with Crippen LogP contribution in [-0.4, -0.2) is 38.1 Å². The minimum atomic E-state index is -0.409. The van der Waals surface area contributed by atoms with Gasteiger partial charge in [0.15, 0.2) is 0 Å². The smallest absolute Gasteiger partial charge is 0.279 e. The van der Waals surface area contributed by atoms with Crippen molar-refractivity contribution in [2.45, 2.75) is 0 Å². The van der Waals surface area contributed by atoms with Gasteiger partial charge in [-0.05, 0) is 35.9 Å². The number of rotatable bonds is 4. The summed E-state index contributed by atoms with van der Waals surface area (Å²) in [5.41, 5.74) is 7.40. The molecule has 4 rings (SSSR count). The van der Waals surface area contributed by atoms with Crippen molar-refractivity contribution in [3.63, 3.8) is 0 Å². The Kier molecular flexibility index (Phi) is 6.32. The fraction of sp³-hybridized carbons (Fsp3) is 0.182. The zero-order valence-corrected chi connectivity index (χ0v) is 17.6. The average molecular weight is 442 g/mol. The number of halogens is 1. The van der Waals surface area contributed by atoms with E-state index in [1.165, 1.54) is 11.3 Å². The predicted octanol–water partition coefficient (Wildman–Crippen LogP) is 3.98. The van der Waals surface area contributed by atoms with E-state index in [2.05, 4.69) is 15.8 Å². The Bertz CT molecular complexity index is 1030. The van der Waals surface area contributed by atoms with E-state index in [1.54, 1.807) is 24.3 Å². The van der Waals surface area contributed by atoms with Gasteiger partial charge in [0, 0.05) is 29.2 Å². The van der Waals surface area contributed by atoms with Gasteiger partial charge in [0.2, 0.25) is 0 Å². The molecule has 0 spiro atoms. The summed E-state index contributed by atoms with van der Waals surface area (Å²) in [5.74, 6) is -0.771. The molecule has 1 fully saturated rings. The first-order chi connectivity index (χ1) is 14.6. The number of thiophene rings is 1. The zero-order chi connectivity index (χ0) is 20.9. The number of carbonyl (C=O) groups excluding carboxylic acids is 2. The van der Waals surface area contributed by atoms with E-state index in [4.69, 9.17) is 16.3 Å². The molecule has 0 aliphatic carbocycles. The van der Waals surface area contributed by atoms with Crippen molar-refractivity contribution < 1.29 is 14.3 Å². The third-order valence-corrected chi connectivity index (χ3v) is 6.16. The lowest BCUT2D eigenvalue weighted by Crippen LogP contribution is -2.41. The van der Waals surface area contributed by atoms with Crippen LogP contribution in [0.1, 0.15) is 20.0 Å². The Labute approximate surface area is 183 Å². The van der Waals surface area contributed by atoms with E-state index >= 15 is 0 Å². The first-order valence-corrected chi connectivity index (χ1v) is 10.7. The van der Waals surface area contributed by atoms with Crippen LogP contribution in [-0.2, 0) is 4.74 Å². The molecule has 0 unspecified atom stereocenters. The number of hydrogen-bond donors (Lipinski definition) is 2. The molecule has 0 saturated carbocycles. The van der Waals surface area contributed by atoms with Crippen LogP contribution in [0.3, 0.4) is 0 Å². The van der Waals surface area contributed by atoms with Crippen LogP contribution in [0, 0.1) is 0 Å². The second kappa shape index (κ2) is 9.30. The minimum Gasteiger partial charge on any atom is -0.378 e. The number of hydrazine groups is 1. The number of amides is 2. The molecule has 1 aromatic heterocycles. The second-order valence-electron chi connectivity index (χ2n) is 6.71. The van der Waals surface area contributed by atoms with Gasteiger partial charge in [-0.2, -0.15) is 0 Å². The van der Waals surface area contributed by atoms with E-state index in [0.29, 0.717) is 28.7 Å². The Morgan fingerprint density at radius 3 is 2.30 bits per heavy atom. The molecule has 6 nitrogen and oxygen atoms in total. The Morgan fingerprint density at radius 1 is 0.933 bits per heavy atom. The lowest BCUT2D eigenvalue weighted by Gasteiger charge is -2.28. The van der Waals surface area contributed by atoms with E-state index in [-0.39, 0.29) is 5.91 Å². The van der Waals surface area contributed by atoms with Gasteiger partial charge in [-0.25, -0.2) is 0 Å². The summed E-state index contributed by atoms with van der Waals surface area (Å²) in [6.45, 7) is 2.86. The maximum Gasteiger partial charge on any atom is 0.279 e. The molecule has 0 radical (unpaired) electrons. The lowest BCUT2D eigenvalue weighted by atomic mass is 10.1. The molecule has 2 aromatic carbocycles. The zero-order valence-electron chi connectivity index (χ0n) is 16.1. The van der Waals surface area contributed by atoms with E-state index in [1.807, 2.05) is 36.4 Å². The van der Waals surface area contributed by atoms with Crippen LogP contribution in [0.15, 0.2) is 60.7 Å². The Morgan fingerprint density at radius 2 is 1.60 bits per heavy atom. The highest BCUT2D eigenvalue weighted by Gasteiger charge is 2.22. The number of benzene rings is 2. The van der Waals surface area contributed by atoms with Gasteiger partial charge < -0.3 is 9.64 Å². The first kappa shape index (κ1) is 20.4. The average Bonchev–Trinajstić information content (AvgIpc) is 3.24. The van der Waals surface area contributed by atoms with Crippen molar-refractivity contribution in [1.82, 2.24) is 10.9 Å². The number of nitrogens with zero attached hydrogens (tertiary/aromatic N) is 1. The molecule has 1 aliphatic rings. The van der Waals surface area contributed by atoms with Gasteiger partial charge in [-0.3, -0.25) is 20.4 Å². The number of nitrogens with one attached hydrogen (secondary N) is 2. The largest absolute Gasteiger partial charge is 0.378 e. The van der Waals surface area contributed by atoms with Crippen LogP contribution >= 0.6 is 22.9 Å². The van der Waals surface area contributed by atoms with Crippen molar-refractivity contribution in [3.05, 3.63) is 76.1 Å². The molecule has 0 bridgehead atoms. The highest BCUT2D eigenvalue weighted by Crippen LogP contribution is 2.39. The number of carbonyl (C=O) groups is 2. The van der Waals surface area contributed by atoms with Gasteiger partial charge in [0.05, 0.1) is 23.1 Å². The maximum atomic E-state index is 12.7. The van der Waals surface area contributed by atoms with Gasteiger partial charge in [0.1, 0.15) is 0 Å². The summed E-state index contributed by atoms with van der Waals surface area (Å²) < 4.78 is 5.46. The van der Waals surface area contributed by atoms with Crippen molar-refractivity contribution in [2.75, 3.05) is 31.2 Å². The van der Waals surface area contributed by atoms with Crippen LogP contribution in [0.5, 0.6) is 0 Å². The van der Waals surface area contributed by atoms with Crippen LogP contribution < -0.4 is 15.8 Å². The molecule has 2 heterocycles. The molecule has 1 saturated heterocycles. The number of hydrogen-bond acceptors (Lipinski definition) is 5. The highest BCUT2D eigenvalue weighted by molar-refractivity contribution is 7.18. The van der Waals surface area contributed by atoms with Crippen LogP contribution in [0.2, 0.25) is 5.02 Å². The first-order valence-electron chi connectivity index (χ1n) is 9.50. The Hall–Kier alpha value is -2.87. The molecule has 2 N–H and O–H groups in total. The normalized spacial score (nSPS) is 13.7. The molecule has 3 aromatic rings. The van der Waals surface area contributed by atoms with Crippen LogP contribution in [0.4, 0.5) is 5.00 Å². The van der Waals surface area contributed by atoms with Crippen molar-refractivity contribution in [1.29, 1.82) is 0 Å². The maximum absolute atomic E-state index is 12.7. The third kappa shape index (κ3) is 4.64. The summed E-state index contributed by atoms with van der Waals surface area (Å²) >= 11 is 7.25. The lowest BCUT2D eigenvalue weighted by molar-refractivity contribution is 0.0849. The summed E-state index contributed by atoms with van der Waals surface area (Å²) in [6.07, 6.45) is 0. The molecule has 2 amide bonds. The molecular weight excluding hydrogens is 422 g/mol. The van der Waals surface area contributed by atoms with Crippen molar-refractivity contribution in [3.8, 4) is 11.1 Å². The van der Waals surface area contributed by atoms with Crippen molar-refractivity contribution in [2.24, 2.45) is 0 Å². The van der Waals surface area contributed by atoms with Gasteiger partial charge in [-0.15, -0.1) is 11.3 Å². The minimum absolute atomic E-state index is 0.362. The molecule has 8 heteroatoms. The quantitative estimate of drug-likeness (QED) is 0.601. The molecule has 154 valence electrons. The fourth-order valence-electron chi connectivity index (χ4n) is 3.17. The fourth-order valence-corrected chi connectivity index (χ4v) is 4.42.